The maximum absolute atomic E-state index is 4.72. The molecule has 6 heteroatoms. The highest BCUT2D eigenvalue weighted by Gasteiger charge is 2.13. The van der Waals surface area contributed by atoms with Crippen molar-refractivity contribution < 1.29 is 0 Å². The number of aryl methyl sites for hydroxylation is 2. The van der Waals surface area contributed by atoms with Crippen molar-refractivity contribution in [3.8, 4) is 0 Å². The maximum Gasteiger partial charge on any atom is 0.204 e. The molecule has 114 valence electrons. The molecule has 2 aromatic carbocycles. The minimum Gasteiger partial charge on any atom is -0.337 e. The molecule has 0 saturated carbocycles. The topological polar surface area (TPSA) is 55.1 Å². The van der Waals surface area contributed by atoms with Crippen molar-refractivity contribution in [1.29, 1.82) is 0 Å². The Labute approximate surface area is 141 Å². The Balaban J connectivity index is 1.93. The summed E-state index contributed by atoms with van der Waals surface area (Å²) in [4.78, 5) is 4.72. The number of hydrogen-bond acceptors (Lipinski definition) is 4. The van der Waals surface area contributed by atoms with Crippen LogP contribution < -0.4 is 5.32 Å². The Morgan fingerprint density at radius 1 is 1.04 bits per heavy atom. The van der Waals surface area contributed by atoms with E-state index < -0.39 is 0 Å². The smallest absolute Gasteiger partial charge is 0.204 e. The van der Waals surface area contributed by atoms with Crippen LogP contribution in [0.3, 0.4) is 0 Å². The summed E-state index contributed by atoms with van der Waals surface area (Å²) in [6.07, 6.45) is 0. The molecule has 0 fully saturated rings. The number of benzene rings is 2. The zero-order valence-electron chi connectivity index (χ0n) is 12.7. The quantitative estimate of drug-likeness (QED) is 0.570. The van der Waals surface area contributed by atoms with Crippen LogP contribution in [0.5, 0.6) is 0 Å². The van der Waals surface area contributed by atoms with Gasteiger partial charge < -0.3 is 5.32 Å². The van der Waals surface area contributed by atoms with Crippen molar-refractivity contribution in [3.63, 3.8) is 0 Å². The number of hydrogen-bond donors (Lipinski definition) is 1. The number of anilines is 2. The van der Waals surface area contributed by atoms with Gasteiger partial charge in [0.1, 0.15) is 5.82 Å². The van der Waals surface area contributed by atoms with Gasteiger partial charge in [0, 0.05) is 10.2 Å². The van der Waals surface area contributed by atoms with E-state index in [2.05, 4.69) is 44.4 Å². The first-order chi connectivity index (χ1) is 11.1. The fraction of sp³-hybridized carbons (Fsp3) is 0.118. The van der Waals surface area contributed by atoms with Crippen LogP contribution in [0.4, 0.5) is 11.5 Å². The lowest BCUT2D eigenvalue weighted by Gasteiger charge is -2.10. The van der Waals surface area contributed by atoms with E-state index in [1.165, 1.54) is 0 Å². The molecule has 2 aromatic heterocycles. The molecular weight excluding hydrogens is 354 g/mol. The number of fused-ring (bicyclic) bond motifs is 3. The minimum absolute atomic E-state index is 0.700. The van der Waals surface area contributed by atoms with Crippen LogP contribution in [-0.4, -0.2) is 19.6 Å². The lowest BCUT2D eigenvalue weighted by molar-refractivity contribution is 1.02. The van der Waals surface area contributed by atoms with Gasteiger partial charge in [-0.25, -0.2) is 4.98 Å². The Morgan fingerprint density at radius 3 is 2.70 bits per heavy atom. The van der Waals surface area contributed by atoms with Crippen LogP contribution >= 0.6 is 15.9 Å². The number of nitrogens with one attached hydrogen (secondary N) is 1. The molecule has 0 unspecified atom stereocenters. The molecule has 0 aliphatic rings. The molecule has 1 N–H and O–H groups in total. The van der Waals surface area contributed by atoms with E-state index in [-0.39, 0.29) is 0 Å². The number of nitrogens with zero attached hydrogens (tertiary/aromatic N) is 4. The van der Waals surface area contributed by atoms with Gasteiger partial charge in [0.15, 0.2) is 5.82 Å². The van der Waals surface area contributed by atoms with Gasteiger partial charge in [-0.2, -0.15) is 0 Å². The minimum atomic E-state index is 0.700. The highest BCUT2D eigenvalue weighted by atomic mass is 79.9. The van der Waals surface area contributed by atoms with Crippen LogP contribution in [0, 0.1) is 13.8 Å². The lowest BCUT2D eigenvalue weighted by Crippen LogP contribution is -2.01. The van der Waals surface area contributed by atoms with Gasteiger partial charge in [-0.05, 0) is 49.7 Å². The van der Waals surface area contributed by atoms with Crippen LogP contribution in [0.1, 0.15) is 11.4 Å². The normalized spacial score (nSPS) is 11.3. The van der Waals surface area contributed by atoms with Crippen LogP contribution in [0.2, 0.25) is 0 Å². The summed E-state index contributed by atoms with van der Waals surface area (Å²) in [5.41, 5.74) is 4.75. The van der Waals surface area contributed by atoms with Gasteiger partial charge in [-0.3, -0.25) is 4.40 Å². The number of para-hydroxylation sites is 2. The Hall–Kier alpha value is -2.47. The molecular formula is C17H14BrN5. The predicted octanol–water partition coefficient (Wildman–Crippen LogP) is 4.40. The average Bonchev–Trinajstić information content (AvgIpc) is 2.94. The highest BCUT2D eigenvalue weighted by molar-refractivity contribution is 9.10. The first-order valence-corrected chi connectivity index (χ1v) is 8.06. The fourth-order valence-electron chi connectivity index (χ4n) is 2.67. The largest absolute Gasteiger partial charge is 0.337 e. The second-order valence-electron chi connectivity index (χ2n) is 5.44. The summed E-state index contributed by atoms with van der Waals surface area (Å²) in [5.74, 6) is 1.54. The summed E-state index contributed by atoms with van der Waals surface area (Å²) in [5, 5.41) is 11.9. The lowest BCUT2D eigenvalue weighted by atomic mass is 10.2. The third kappa shape index (κ3) is 2.35. The molecule has 23 heavy (non-hydrogen) atoms. The van der Waals surface area contributed by atoms with E-state index >= 15 is 0 Å². The average molecular weight is 368 g/mol. The standard InChI is InChI=1S/C17H14BrN5/c1-10-9-12(7-8-13(10)18)19-16-17-22-21-11(2)23(17)15-6-4-3-5-14(15)20-16/h3-9H,1-2H3,(H,19,20). The van der Waals surface area contributed by atoms with Gasteiger partial charge >= 0.3 is 0 Å². The molecule has 0 bridgehead atoms. The van der Waals surface area contributed by atoms with Crippen LogP contribution in [0.15, 0.2) is 46.9 Å². The van der Waals surface area contributed by atoms with Crippen LogP contribution in [0.25, 0.3) is 16.7 Å². The van der Waals surface area contributed by atoms with E-state index in [1.54, 1.807) is 0 Å². The Morgan fingerprint density at radius 2 is 1.87 bits per heavy atom. The van der Waals surface area contributed by atoms with Crippen molar-refractivity contribution in [1.82, 2.24) is 19.6 Å². The molecule has 2 heterocycles. The first kappa shape index (κ1) is 14.1. The molecule has 5 nitrogen and oxygen atoms in total. The van der Waals surface area contributed by atoms with Crippen LogP contribution in [-0.2, 0) is 0 Å². The molecule has 0 radical (unpaired) electrons. The summed E-state index contributed by atoms with van der Waals surface area (Å²) in [6.45, 7) is 4.00. The van der Waals surface area contributed by atoms with E-state index in [4.69, 9.17) is 4.98 Å². The van der Waals surface area contributed by atoms with E-state index in [0.717, 1.165) is 38.2 Å². The first-order valence-electron chi connectivity index (χ1n) is 7.27. The van der Waals surface area contributed by atoms with E-state index in [0.29, 0.717) is 5.82 Å². The molecule has 0 saturated heterocycles. The van der Waals surface area contributed by atoms with Gasteiger partial charge in [-0.1, -0.05) is 28.1 Å². The van der Waals surface area contributed by atoms with Gasteiger partial charge in [0.25, 0.3) is 0 Å². The third-order valence-corrected chi connectivity index (χ3v) is 4.70. The SMILES string of the molecule is Cc1cc(Nc2nc3ccccc3n3c(C)nnc23)ccc1Br. The number of rotatable bonds is 2. The van der Waals surface area contributed by atoms with Crippen molar-refractivity contribution >= 4 is 44.1 Å². The Kier molecular flexibility index (Phi) is 3.27. The third-order valence-electron chi connectivity index (χ3n) is 3.81. The molecule has 0 spiro atoms. The Bertz CT molecular complexity index is 1040. The molecule has 0 aliphatic heterocycles. The van der Waals surface area contributed by atoms with Gasteiger partial charge in [0.2, 0.25) is 5.65 Å². The van der Waals surface area contributed by atoms with Crippen molar-refractivity contribution in [3.05, 3.63) is 58.3 Å². The fourth-order valence-corrected chi connectivity index (χ4v) is 2.91. The summed E-state index contributed by atoms with van der Waals surface area (Å²) in [7, 11) is 0. The molecule has 0 aliphatic carbocycles. The molecule has 0 amide bonds. The summed E-state index contributed by atoms with van der Waals surface area (Å²) >= 11 is 3.52. The van der Waals surface area contributed by atoms with Gasteiger partial charge in [-0.15, -0.1) is 10.2 Å². The van der Waals surface area contributed by atoms with Crippen molar-refractivity contribution in [2.75, 3.05) is 5.32 Å². The second-order valence-corrected chi connectivity index (χ2v) is 6.30. The highest BCUT2D eigenvalue weighted by Crippen LogP contribution is 2.26. The van der Waals surface area contributed by atoms with Crippen molar-refractivity contribution in [2.45, 2.75) is 13.8 Å². The second kappa shape index (κ2) is 5.31. The predicted molar refractivity (Wildman–Crippen MR) is 95.2 cm³/mol. The van der Waals surface area contributed by atoms with Gasteiger partial charge in [0.05, 0.1) is 11.0 Å². The maximum atomic E-state index is 4.72. The number of aromatic nitrogens is 4. The van der Waals surface area contributed by atoms with Crippen molar-refractivity contribution in [2.24, 2.45) is 0 Å². The summed E-state index contributed by atoms with van der Waals surface area (Å²) in [6, 6.07) is 14.1. The zero-order chi connectivity index (χ0) is 16.0. The molecule has 4 aromatic rings. The molecule has 4 rings (SSSR count). The van der Waals surface area contributed by atoms with E-state index in [1.807, 2.05) is 47.7 Å². The number of halogens is 1. The summed E-state index contributed by atoms with van der Waals surface area (Å²) < 4.78 is 3.11. The zero-order valence-corrected chi connectivity index (χ0v) is 14.3. The molecule has 0 atom stereocenters. The van der Waals surface area contributed by atoms with E-state index in [9.17, 15) is 0 Å². The monoisotopic (exact) mass is 367 g/mol.